The van der Waals surface area contributed by atoms with Crippen molar-refractivity contribution in [3.05, 3.63) is 49.2 Å². The van der Waals surface area contributed by atoms with Crippen molar-refractivity contribution in [3.8, 4) is 0 Å². The molecule has 0 saturated carbocycles. The molecule has 7 heteroatoms. The molecule has 1 aromatic carbocycles. The Morgan fingerprint density at radius 1 is 1.27 bits per heavy atom. The van der Waals surface area contributed by atoms with Crippen molar-refractivity contribution in [1.29, 1.82) is 0 Å². The number of aromatic nitrogens is 3. The van der Waals surface area contributed by atoms with E-state index in [1.807, 2.05) is 12.1 Å². The summed E-state index contributed by atoms with van der Waals surface area (Å²) < 4.78 is 0. The highest BCUT2D eigenvalue weighted by Gasteiger charge is 2.06. The number of H-pyrrole nitrogens is 1. The number of carbonyl (C=O) groups excluding carboxylic acids is 1. The third-order valence-corrected chi connectivity index (χ3v) is 3.02. The first-order valence-electron chi connectivity index (χ1n) is 6.57. The Kier molecular flexibility index (Phi) is 3.45. The molecule has 3 rings (SSSR count). The molecular weight excluding hydrogens is 280 g/mol. The molecule has 110 valence electrons. The normalized spacial score (nSPS) is 10.4. The fourth-order valence-corrected chi connectivity index (χ4v) is 2.02. The molecule has 0 fully saturated rings. The lowest BCUT2D eigenvalue weighted by Gasteiger charge is -2.08. The number of benzene rings is 1. The maximum atomic E-state index is 11.3. The molecule has 7 nitrogen and oxygen atoms in total. The smallest absolute Gasteiger partial charge is 0.247 e. The molecule has 0 saturated heterocycles. The molecule has 0 atom stereocenters. The number of nitrogens with one attached hydrogen (secondary N) is 3. The van der Waals surface area contributed by atoms with Crippen LogP contribution in [0.2, 0.25) is 0 Å². The van der Waals surface area contributed by atoms with Crippen molar-refractivity contribution in [2.75, 3.05) is 16.4 Å². The van der Waals surface area contributed by atoms with E-state index in [2.05, 4.69) is 32.2 Å². The van der Waals surface area contributed by atoms with E-state index in [-0.39, 0.29) is 5.91 Å². The molecule has 0 aliphatic rings. The zero-order valence-corrected chi connectivity index (χ0v) is 11.6. The Hall–Kier alpha value is -3.35. The molecule has 0 unspecified atom stereocenters. The molecule has 2 aromatic heterocycles. The van der Waals surface area contributed by atoms with Crippen LogP contribution in [0, 0.1) is 0 Å². The van der Waals surface area contributed by atoms with Crippen LogP contribution < -0.4 is 16.4 Å². The van der Waals surface area contributed by atoms with Crippen molar-refractivity contribution >= 4 is 40.1 Å². The van der Waals surface area contributed by atoms with Crippen LogP contribution >= 0.6 is 0 Å². The monoisotopic (exact) mass is 294 g/mol. The van der Waals surface area contributed by atoms with Gasteiger partial charge in [0.25, 0.3) is 0 Å². The van der Waals surface area contributed by atoms with Gasteiger partial charge >= 0.3 is 0 Å². The van der Waals surface area contributed by atoms with Crippen molar-refractivity contribution < 1.29 is 4.79 Å². The summed E-state index contributed by atoms with van der Waals surface area (Å²) in [5, 5.41) is 6.52. The fraction of sp³-hybridized carbons (Fsp3) is 0. The molecular formula is C15H14N6O. The van der Waals surface area contributed by atoms with Crippen LogP contribution in [0.25, 0.3) is 11.0 Å². The predicted molar refractivity (Wildman–Crippen MR) is 86.9 cm³/mol. The molecule has 2 heterocycles. The van der Waals surface area contributed by atoms with Crippen molar-refractivity contribution in [2.24, 2.45) is 0 Å². The summed E-state index contributed by atoms with van der Waals surface area (Å²) in [5.74, 6) is 0.495. The van der Waals surface area contributed by atoms with Crippen LogP contribution in [0.3, 0.4) is 0 Å². The number of carbonyl (C=O) groups is 1. The molecule has 0 radical (unpaired) electrons. The minimum Gasteiger partial charge on any atom is -0.383 e. The second kappa shape index (κ2) is 5.57. The van der Waals surface area contributed by atoms with Crippen LogP contribution in [-0.4, -0.2) is 20.9 Å². The van der Waals surface area contributed by atoms with Crippen LogP contribution in [0.1, 0.15) is 0 Å². The van der Waals surface area contributed by atoms with E-state index < -0.39 is 0 Å². The second-order valence-electron chi connectivity index (χ2n) is 4.57. The molecule has 5 N–H and O–H groups in total. The maximum absolute atomic E-state index is 11.3. The SMILES string of the molecule is C=CC(=O)Nc1cccc(Nc2nc(N)c3cc[nH]c3n2)c1. The van der Waals surface area contributed by atoms with E-state index in [0.717, 1.165) is 11.1 Å². The lowest BCUT2D eigenvalue weighted by atomic mass is 10.2. The summed E-state index contributed by atoms with van der Waals surface area (Å²) in [4.78, 5) is 22.9. The van der Waals surface area contributed by atoms with Gasteiger partial charge in [-0.05, 0) is 30.3 Å². The number of nitrogens with two attached hydrogens (primary N) is 1. The van der Waals surface area contributed by atoms with E-state index in [1.54, 1.807) is 24.4 Å². The van der Waals surface area contributed by atoms with Gasteiger partial charge in [-0.15, -0.1) is 0 Å². The molecule has 0 bridgehead atoms. The lowest BCUT2D eigenvalue weighted by Crippen LogP contribution is -2.07. The first-order chi connectivity index (χ1) is 10.7. The number of aromatic amines is 1. The quantitative estimate of drug-likeness (QED) is 0.552. The number of nitrogens with zero attached hydrogens (tertiary/aromatic N) is 2. The highest BCUT2D eigenvalue weighted by atomic mass is 16.1. The highest BCUT2D eigenvalue weighted by Crippen LogP contribution is 2.22. The zero-order chi connectivity index (χ0) is 15.5. The van der Waals surface area contributed by atoms with E-state index in [4.69, 9.17) is 5.73 Å². The minimum absolute atomic E-state index is 0.273. The van der Waals surface area contributed by atoms with Crippen LogP contribution in [0.5, 0.6) is 0 Å². The van der Waals surface area contributed by atoms with E-state index in [9.17, 15) is 4.79 Å². The van der Waals surface area contributed by atoms with Gasteiger partial charge in [0.1, 0.15) is 11.5 Å². The zero-order valence-electron chi connectivity index (χ0n) is 11.6. The predicted octanol–water partition coefficient (Wildman–Crippen LogP) is 2.41. The van der Waals surface area contributed by atoms with Crippen molar-refractivity contribution in [2.45, 2.75) is 0 Å². The van der Waals surface area contributed by atoms with Gasteiger partial charge in [0, 0.05) is 17.6 Å². The average molecular weight is 294 g/mol. The average Bonchev–Trinajstić information content (AvgIpc) is 2.96. The topological polar surface area (TPSA) is 109 Å². The summed E-state index contributed by atoms with van der Waals surface area (Å²) in [5.41, 5.74) is 7.92. The van der Waals surface area contributed by atoms with Gasteiger partial charge < -0.3 is 21.4 Å². The summed E-state index contributed by atoms with van der Waals surface area (Å²) in [7, 11) is 0. The Morgan fingerprint density at radius 3 is 2.91 bits per heavy atom. The number of hydrogen-bond acceptors (Lipinski definition) is 5. The fourth-order valence-electron chi connectivity index (χ4n) is 2.02. The van der Waals surface area contributed by atoms with E-state index in [1.165, 1.54) is 6.08 Å². The Morgan fingerprint density at radius 2 is 2.09 bits per heavy atom. The van der Waals surface area contributed by atoms with Crippen molar-refractivity contribution in [1.82, 2.24) is 15.0 Å². The van der Waals surface area contributed by atoms with Gasteiger partial charge in [-0.2, -0.15) is 9.97 Å². The molecule has 0 spiro atoms. The number of anilines is 4. The van der Waals surface area contributed by atoms with E-state index in [0.29, 0.717) is 23.1 Å². The van der Waals surface area contributed by atoms with Gasteiger partial charge in [0.05, 0.1) is 5.39 Å². The first kappa shape index (κ1) is 13.6. The van der Waals surface area contributed by atoms with Gasteiger partial charge in [-0.1, -0.05) is 12.6 Å². The third kappa shape index (κ3) is 2.73. The summed E-state index contributed by atoms with van der Waals surface area (Å²) >= 11 is 0. The number of amides is 1. The minimum atomic E-state index is -0.273. The number of nitrogen functional groups attached to an aromatic ring is 1. The molecule has 3 aromatic rings. The van der Waals surface area contributed by atoms with Gasteiger partial charge in [0.2, 0.25) is 11.9 Å². The van der Waals surface area contributed by atoms with Gasteiger partial charge in [0.15, 0.2) is 0 Å². The number of hydrogen-bond donors (Lipinski definition) is 4. The lowest BCUT2D eigenvalue weighted by molar-refractivity contribution is -0.111. The molecule has 22 heavy (non-hydrogen) atoms. The van der Waals surface area contributed by atoms with Crippen molar-refractivity contribution in [3.63, 3.8) is 0 Å². The summed E-state index contributed by atoms with van der Waals surface area (Å²) in [6.07, 6.45) is 2.97. The van der Waals surface area contributed by atoms with Crippen LogP contribution in [0.4, 0.5) is 23.1 Å². The first-order valence-corrected chi connectivity index (χ1v) is 6.57. The summed E-state index contributed by atoms with van der Waals surface area (Å²) in [6.45, 7) is 3.42. The molecule has 0 aliphatic heterocycles. The highest BCUT2D eigenvalue weighted by molar-refractivity contribution is 5.99. The van der Waals surface area contributed by atoms with Crippen LogP contribution in [0.15, 0.2) is 49.2 Å². The number of rotatable bonds is 4. The summed E-state index contributed by atoms with van der Waals surface area (Å²) in [6, 6.07) is 9.00. The third-order valence-electron chi connectivity index (χ3n) is 3.02. The van der Waals surface area contributed by atoms with Gasteiger partial charge in [-0.3, -0.25) is 4.79 Å². The van der Waals surface area contributed by atoms with Crippen LogP contribution in [-0.2, 0) is 4.79 Å². The largest absolute Gasteiger partial charge is 0.383 e. The Labute approximate surface area is 126 Å². The maximum Gasteiger partial charge on any atom is 0.247 e. The number of fused-ring (bicyclic) bond motifs is 1. The molecule has 1 amide bonds. The standard InChI is InChI=1S/C15H14N6O/c1-2-12(22)18-9-4-3-5-10(8-9)19-15-20-13(16)11-6-7-17-14(11)21-15/h2-8H,1H2,(H,18,22)(H4,16,17,19,20,21). The molecule has 0 aliphatic carbocycles. The van der Waals surface area contributed by atoms with Gasteiger partial charge in [-0.25, -0.2) is 0 Å². The Bertz CT molecular complexity index is 854. The second-order valence-corrected chi connectivity index (χ2v) is 4.57. The van der Waals surface area contributed by atoms with E-state index >= 15 is 0 Å². The Balaban J connectivity index is 1.86.